The van der Waals surface area contributed by atoms with Crippen molar-refractivity contribution in [2.75, 3.05) is 0 Å². The van der Waals surface area contributed by atoms with Crippen molar-refractivity contribution in [3.63, 3.8) is 0 Å². The number of hydrogen-bond donors (Lipinski definition) is 2. The van der Waals surface area contributed by atoms with Gasteiger partial charge in [0, 0.05) is 0 Å². The van der Waals surface area contributed by atoms with Gasteiger partial charge in [-0.3, -0.25) is 9.59 Å². The molecule has 16 heavy (non-hydrogen) atoms. The van der Waals surface area contributed by atoms with Crippen LogP contribution in [0.4, 0.5) is 0 Å². The molecule has 0 radical (unpaired) electrons. The topological polar surface area (TPSA) is 147 Å². The maximum Gasteiger partial charge on any atom is 0.306 e. The van der Waals surface area contributed by atoms with Crippen molar-refractivity contribution in [3.05, 3.63) is 0 Å². The summed E-state index contributed by atoms with van der Waals surface area (Å²) in [6.45, 7) is 0. The molecule has 0 aromatic carbocycles. The van der Waals surface area contributed by atoms with Gasteiger partial charge in [0.25, 0.3) is 0 Å². The Labute approximate surface area is 90.4 Å². The lowest BCUT2D eigenvalue weighted by molar-refractivity contribution is -0.138. The van der Waals surface area contributed by atoms with Crippen LogP contribution in [0, 0.1) is 22.7 Å². The highest BCUT2D eigenvalue weighted by atomic mass is 16.4. The van der Waals surface area contributed by atoms with E-state index in [2.05, 4.69) is 10.2 Å². The van der Waals surface area contributed by atoms with E-state index >= 15 is 0 Å². The van der Waals surface area contributed by atoms with E-state index in [0.717, 1.165) is 0 Å². The van der Waals surface area contributed by atoms with Gasteiger partial charge in [0.2, 0.25) is 0 Å². The minimum Gasteiger partial charge on any atom is -0.481 e. The molecule has 8 heteroatoms. The summed E-state index contributed by atoms with van der Waals surface area (Å²) >= 11 is 0. The van der Waals surface area contributed by atoms with Crippen LogP contribution < -0.4 is 0 Å². The first-order chi connectivity index (χ1) is 7.49. The van der Waals surface area contributed by atoms with Crippen LogP contribution in [0.1, 0.15) is 12.8 Å². The van der Waals surface area contributed by atoms with Crippen molar-refractivity contribution in [3.8, 4) is 12.1 Å². The molecule has 0 spiro atoms. The molecule has 0 aliphatic carbocycles. The van der Waals surface area contributed by atoms with E-state index in [9.17, 15) is 9.59 Å². The van der Waals surface area contributed by atoms with Crippen LogP contribution in [0.5, 0.6) is 0 Å². The van der Waals surface area contributed by atoms with E-state index in [1.54, 1.807) is 12.1 Å². The van der Waals surface area contributed by atoms with Crippen molar-refractivity contribution >= 4 is 11.9 Å². The molecule has 0 rings (SSSR count). The van der Waals surface area contributed by atoms with Gasteiger partial charge < -0.3 is 10.2 Å². The predicted molar refractivity (Wildman–Crippen MR) is 48.2 cm³/mol. The second kappa shape index (κ2) is 6.90. The van der Waals surface area contributed by atoms with Crippen molar-refractivity contribution in [2.45, 2.75) is 24.9 Å². The Morgan fingerprint density at radius 2 is 1.31 bits per heavy atom. The molecule has 0 aromatic heterocycles. The first-order valence-electron chi connectivity index (χ1n) is 4.12. The average molecular weight is 224 g/mol. The first-order valence-corrected chi connectivity index (χ1v) is 4.12. The Morgan fingerprint density at radius 3 is 1.50 bits per heavy atom. The van der Waals surface area contributed by atoms with Gasteiger partial charge in [-0.25, -0.2) is 0 Å². The molecule has 0 bridgehead atoms. The molecule has 8 nitrogen and oxygen atoms in total. The summed E-state index contributed by atoms with van der Waals surface area (Å²) < 4.78 is 0. The summed E-state index contributed by atoms with van der Waals surface area (Å²) in [4.78, 5) is 20.5. The van der Waals surface area contributed by atoms with E-state index in [-0.39, 0.29) is 0 Å². The first kappa shape index (κ1) is 13.5. The van der Waals surface area contributed by atoms with Crippen LogP contribution in [0.25, 0.3) is 0 Å². The lowest BCUT2D eigenvalue weighted by atomic mass is 10.2. The summed E-state index contributed by atoms with van der Waals surface area (Å²) in [5, 5.41) is 40.3. The zero-order valence-corrected chi connectivity index (χ0v) is 8.07. The Morgan fingerprint density at radius 1 is 1.00 bits per heavy atom. The molecular formula is C8H8N4O4. The fourth-order valence-corrected chi connectivity index (χ4v) is 0.716. The molecule has 0 heterocycles. The quantitative estimate of drug-likeness (QED) is 0.614. The SMILES string of the molecule is N#CC(CC(=O)O)/N=N/C(C#N)CC(=O)O. The van der Waals surface area contributed by atoms with E-state index < -0.39 is 36.9 Å². The van der Waals surface area contributed by atoms with Crippen LogP contribution in [0.2, 0.25) is 0 Å². The number of carboxylic acids is 2. The summed E-state index contributed by atoms with van der Waals surface area (Å²) in [5.41, 5.74) is 0. The normalized spacial score (nSPS) is 13.6. The van der Waals surface area contributed by atoms with E-state index in [0.29, 0.717) is 0 Å². The summed E-state index contributed by atoms with van der Waals surface area (Å²) in [6.07, 6.45) is -1.07. The van der Waals surface area contributed by atoms with E-state index in [4.69, 9.17) is 20.7 Å². The maximum absolute atomic E-state index is 10.2. The monoisotopic (exact) mass is 224 g/mol. The third-order valence-electron chi connectivity index (χ3n) is 1.38. The maximum atomic E-state index is 10.2. The minimum atomic E-state index is -1.22. The average Bonchev–Trinajstić information content (AvgIpc) is 2.20. The second-order valence-electron chi connectivity index (χ2n) is 2.72. The van der Waals surface area contributed by atoms with Crippen molar-refractivity contribution in [2.24, 2.45) is 10.2 Å². The molecule has 0 aromatic rings. The van der Waals surface area contributed by atoms with Crippen molar-refractivity contribution < 1.29 is 19.8 Å². The molecule has 0 saturated carbocycles. The zero-order chi connectivity index (χ0) is 12.6. The van der Waals surface area contributed by atoms with E-state index in [1.807, 2.05) is 0 Å². The predicted octanol–water partition coefficient (Wildman–Crippen LogP) is 0.172. The highest BCUT2D eigenvalue weighted by Gasteiger charge is 2.14. The molecule has 0 amide bonds. The standard InChI is InChI=1S/C8H8N4O4/c9-3-5(1-7(13)14)11-12-6(4-10)2-8(15)16/h5-6H,1-2H2,(H,13,14)(H,15,16)/b12-11+. The Hall–Kier alpha value is -2.48. The fraction of sp³-hybridized carbons (Fsp3) is 0.500. The molecular weight excluding hydrogens is 216 g/mol. The molecule has 84 valence electrons. The second-order valence-corrected chi connectivity index (χ2v) is 2.72. The van der Waals surface area contributed by atoms with Crippen LogP contribution in [0.15, 0.2) is 10.2 Å². The number of carbonyl (C=O) groups is 2. The number of nitrogens with zero attached hydrogens (tertiary/aromatic N) is 4. The lowest BCUT2D eigenvalue weighted by Crippen LogP contribution is -2.11. The van der Waals surface area contributed by atoms with Gasteiger partial charge in [-0.1, -0.05) is 0 Å². The fourth-order valence-electron chi connectivity index (χ4n) is 0.716. The lowest BCUT2D eigenvalue weighted by Gasteiger charge is -2.00. The largest absolute Gasteiger partial charge is 0.481 e. The molecule has 0 aliphatic rings. The number of hydrogen-bond acceptors (Lipinski definition) is 6. The smallest absolute Gasteiger partial charge is 0.306 e. The van der Waals surface area contributed by atoms with Crippen LogP contribution in [-0.2, 0) is 9.59 Å². The van der Waals surface area contributed by atoms with Crippen molar-refractivity contribution in [1.82, 2.24) is 0 Å². The summed E-state index contributed by atoms with van der Waals surface area (Å²) in [7, 11) is 0. The third kappa shape index (κ3) is 6.05. The highest BCUT2D eigenvalue weighted by molar-refractivity contribution is 5.68. The molecule has 0 saturated heterocycles. The number of carboxylic acid groups (broad SMARTS) is 2. The number of nitriles is 2. The molecule has 2 N–H and O–H groups in total. The third-order valence-corrected chi connectivity index (χ3v) is 1.38. The van der Waals surface area contributed by atoms with Gasteiger partial charge in [-0.2, -0.15) is 20.8 Å². The Kier molecular flexibility index (Phi) is 5.83. The van der Waals surface area contributed by atoms with Gasteiger partial charge in [0.05, 0.1) is 25.0 Å². The number of azo groups is 1. The van der Waals surface area contributed by atoms with Gasteiger partial charge in [0.15, 0.2) is 12.1 Å². The highest BCUT2D eigenvalue weighted by Crippen LogP contribution is 2.03. The zero-order valence-electron chi connectivity index (χ0n) is 8.07. The van der Waals surface area contributed by atoms with Crippen LogP contribution in [0.3, 0.4) is 0 Å². The summed E-state index contributed by atoms with van der Waals surface area (Å²) in [5.74, 6) is -2.45. The van der Waals surface area contributed by atoms with Crippen molar-refractivity contribution in [1.29, 1.82) is 10.5 Å². The van der Waals surface area contributed by atoms with Crippen LogP contribution in [-0.4, -0.2) is 34.2 Å². The molecule has 2 unspecified atom stereocenters. The number of aliphatic carboxylic acids is 2. The van der Waals surface area contributed by atoms with Gasteiger partial charge in [0.1, 0.15) is 0 Å². The summed E-state index contributed by atoms with van der Waals surface area (Å²) in [6, 6.07) is 0.723. The minimum absolute atomic E-state index is 0.536. The van der Waals surface area contributed by atoms with Crippen LogP contribution >= 0.6 is 0 Å². The van der Waals surface area contributed by atoms with Gasteiger partial charge in [-0.15, -0.1) is 0 Å². The Bertz CT molecular complexity index is 342. The van der Waals surface area contributed by atoms with Gasteiger partial charge >= 0.3 is 11.9 Å². The van der Waals surface area contributed by atoms with E-state index in [1.165, 1.54) is 0 Å². The molecule has 0 aliphatic heterocycles. The number of rotatable bonds is 6. The molecule has 0 fully saturated rings. The Balaban J connectivity index is 4.43. The van der Waals surface area contributed by atoms with Gasteiger partial charge in [-0.05, 0) is 0 Å². The molecule has 2 atom stereocenters.